The molecule has 8 aliphatic carbocycles. The second-order valence-corrected chi connectivity index (χ2v) is 23.5. The van der Waals surface area contributed by atoms with E-state index in [-0.39, 0.29) is 59.6 Å². The van der Waals surface area contributed by atoms with Gasteiger partial charge in [0.2, 0.25) is 0 Å². The third kappa shape index (κ3) is 6.86. The molecule has 19 unspecified atom stereocenters. The molecule has 1 aromatic rings. The van der Waals surface area contributed by atoms with E-state index in [0.717, 1.165) is 68.9 Å². The van der Waals surface area contributed by atoms with Crippen LogP contribution < -0.4 is 0 Å². The molecule has 1 saturated heterocycles. The number of aliphatic hydroxyl groups excluding tert-OH is 3. The number of aromatic nitrogens is 1. The number of H-pyrrole nitrogens is 1. The van der Waals surface area contributed by atoms with Crippen LogP contribution in [0.15, 0.2) is 41.8 Å². The van der Waals surface area contributed by atoms with E-state index in [1.807, 2.05) is 25.4 Å². The van der Waals surface area contributed by atoms with Crippen LogP contribution in [-0.4, -0.2) is 78.4 Å². The van der Waals surface area contributed by atoms with Crippen LogP contribution in [0.2, 0.25) is 0 Å². The number of aromatic amines is 1. The average molecular weight is 866 g/mol. The van der Waals surface area contributed by atoms with Crippen molar-refractivity contribution in [1.82, 2.24) is 4.98 Å². The Balaban J connectivity index is 1.07. The molecule has 5 saturated carbocycles. The maximum Gasteiger partial charge on any atom is 0.313 e. The predicted molar refractivity (Wildman–Crippen MR) is 239 cm³/mol. The number of nitrogens with one attached hydrogen (secondary N) is 1. The lowest BCUT2D eigenvalue weighted by Crippen LogP contribution is -2.65. The summed E-state index contributed by atoms with van der Waals surface area (Å²) in [6.07, 6.45) is 18.6. The lowest BCUT2D eigenvalue weighted by Gasteiger charge is -2.64. The first-order chi connectivity index (χ1) is 30.1. The maximum absolute atomic E-state index is 14.6. The normalized spacial score (nSPS) is 50.2. The number of rotatable bonds is 3. The minimum atomic E-state index is -1.57. The summed E-state index contributed by atoms with van der Waals surface area (Å²) >= 11 is 0. The third-order valence-corrected chi connectivity index (χ3v) is 20.4. The van der Waals surface area contributed by atoms with Crippen molar-refractivity contribution in [2.24, 2.45) is 81.8 Å². The highest BCUT2D eigenvalue weighted by molar-refractivity contribution is 5.95. The summed E-state index contributed by atoms with van der Waals surface area (Å²) in [5, 5.41) is 61.9. The van der Waals surface area contributed by atoms with E-state index in [0.29, 0.717) is 62.9 Å². The minimum Gasteiger partial charge on any atom is -0.465 e. The summed E-state index contributed by atoms with van der Waals surface area (Å²) in [5.41, 5.74) is -1.19. The molecule has 0 amide bonds. The highest BCUT2D eigenvalue weighted by atomic mass is 16.5. The molecular formula is C54H75NO8. The Bertz CT molecular complexity index is 2040. The van der Waals surface area contributed by atoms with Gasteiger partial charge in [-0.2, -0.15) is 0 Å². The lowest BCUT2D eigenvalue weighted by molar-refractivity contribution is -0.191. The van der Waals surface area contributed by atoms with Crippen molar-refractivity contribution in [3.8, 4) is 11.8 Å². The lowest BCUT2D eigenvalue weighted by atomic mass is 9.41. The Morgan fingerprint density at radius 2 is 1.67 bits per heavy atom. The zero-order valence-electron chi connectivity index (χ0n) is 38.3. The fourth-order valence-corrected chi connectivity index (χ4v) is 17.4. The van der Waals surface area contributed by atoms with Gasteiger partial charge in [0.15, 0.2) is 5.78 Å². The molecule has 6 fully saturated rings. The smallest absolute Gasteiger partial charge is 0.313 e. The molecule has 1 aliphatic heterocycles. The molecule has 19 atom stereocenters. The minimum absolute atomic E-state index is 0.0437. The Morgan fingerprint density at radius 1 is 0.873 bits per heavy atom. The van der Waals surface area contributed by atoms with E-state index in [9.17, 15) is 35.1 Å². The highest BCUT2D eigenvalue weighted by Crippen LogP contribution is 2.72. The molecule has 63 heavy (non-hydrogen) atoms. The number of ketones is 1. The molecule has 0 spiro atoms. The molecular weight excluding hydrogens is 791 g/mol. The highest BCUT2D eigenvalue weighted by Gasteiger charge is 2.73. The maximum atomic E-state index is 14.6. The first-order valence-corrected chi connectivity index (χ1v) is 25.3. The third-order valence-electron chi connectivity index (χ3n) is 20.4. The number of hydrogen-bond donors (Lipinski definition) is 6. The number of fused-ring (bicyclic) bond motifs is 10. The van der Waals surface area contributed by atoms with E-state index in [4.69, 9.17) is 4.74 Å². The van der Waals surface area contributed by atoms with Crippen LogP contribution in [0.25, 0.3) is 0 Å². The molecule has 0 radical (unpaired) electrons. The number of esters is 1. The van der Waals surface area contributed by atoms with Crippen LogP contribution in [-0.2, 0) is 14.3 Å². The summed E-state index contributed by atoms with van der Waals surface area (Å²) in [6, 6.07) is 1.98. The summed E-state index contributed by atoms with van der Waals surface area (Å²) in [5.74, 6) is 7.19. The first-order valence-electron chi connectivity index (χ1n) is 25.3. The van der Waals surface area contributed by atoms with Gasteiger partial charge >= 0.3 is 5.97 Å². The molecule has 9 heteroatoms. The summed E-state index contributed by atoms with van der Waals surface area (Å²) < 4.78 is 5.90. The van der Waals surface area contributed by atoms with E-state index < -0.39 is 58.1 Å². The van der Waals surface area contributed by atoms with Crippen LogP contribution >= 0.6 is 0 Å². The van der Waals surface area contributed by atoms with Gasteiger partial charge in [0.05, 0.1) is 42.0 Å². The molecule has 0 aromatic carbocycles. The fraction of sp³-hybridized carbons (Fsp3) is 0.778. The number of carbonyl (C=O) groups is 2. The molecule has 344 valence electrons. The van der Waals surface area contributed by atoms with Crippen molar-refractivity contribution in [2.75, 3.05) is 6.61 Å². The van der Waals surface area contributed by atoms with E-state index >= 15 is 0 Å². The molecule has 1 aromatic heterocycles. The van der Waals surface area contributed by atoms with Gasteiger partial charge < -0.3 is 35.3 Å². The van der Waals surface area contributed by atoms with Crippen molar-refractivity contribution in [3.63, 3.8) is 0 Å². The number of aliphatic hydroxyl groups is 5. The van der Waals surface area contributed by atoms with Gasteiger partial charge in [-0.1, -0.05) is 57.6 Å². The second kappa shape index (κ2) is 16.2. The summed E-state index contributed by atoms with van der Waals surface area (Å²) in [4.78, 5) is 31.4. The quantitative estimate of drug-likeness (QED) is 0.102. The molecule has 9 nitrogen and oxygen atoms in total. The SMILES string of the molecule is CC1CCC2=CCC3C(C)CC(O)C(C)(O)C4C(CC#CC(C5COC(=O)C5c5cc[nH]c5)CC3C2C1)CC1(O)C2=CC(=O)C3CC(O)C(O)CC3(C3CCCCC3)C2CCC41C. The summed E-state index contributed by atoms with van der Waals surface area (Å²) in [7, 11) is 0. The number of cyclic esters (lactones) is 1. The zero-order chi connectivity index (χ0) is 44.2. The first kappa shape index (κ1) is 44.1. The standard InChI is InChI=1S/C54H75NO8/c1-30-13-14-32-15-16-37-31(2)22-47(59)52(4,61)49-34(10-8-9-33(23-39(37)38(32)21-30)40-29-63-50(60)48(40)35-18-20-55-28-35)26-54(62)42-24-44(56)43-25-45(57)46(58)27-53(43,36-11-6-5-7-12-36)41(42)17-19-51(49,54)3/h15,18,20,24,28,30-31,33-34,36-41,43,45-49,55,57-59,61-62H,5-7,10-14,16-17,19,21-23,25-27,29H2,1-4H3. The van der Waals surface area contributed by atoms with Gasteiger partial charge in [0.25, 0.3) is 0 Å². The van der Waals surface area contributed by atoms with Gasteiger partial charge in [-0.3, -0.25) is 9.59 Å². The van der Waals surface area contributed by atoms with Crippen molar-refractivity contribution in [3.05, 3.63) is 47.3 Å². The number of hydrogen-bond acceptors (Lipinski definition) is 8. The molecule has 2 heterocycles. The monoisotopic (exact) mass is 866 g/mol. The van der Waals surface area contributed by atoms with Crippen LogP contribution in [0.3, 0.4) is 0 Å². The fourth-order valence-electron chi connectivity index (χ4n) is 17.4. The molecule has 9 aliphatic rings. The predicted octanol–water partition coefficient (Wildman–Crippen LogP) is 7.81. The molecule has 10 rings (SSSR count). The second-order valence-electron chi connectivity index (χ2n) is 23.5. The van der Waals surface area contributed by atoms with E-state index in [1.54, 1.807) is 11.6 Å². The van der Waals surface area contributed by atoms with Gasteiger partial charge in [-0.25, -0.2) is 0 Å². The van der Waals surface area contributed by atoms with Crippen LogP contribution in [0, 0.1) is 93.7 Å². The number of ether oxygens (including phenoxy) is 1. The Labute approximate surface area is 375 Å². The van der Waals surface area contributed by atoms with Gasteiger partial charge in [0.1, 0.15) is 0 Å². The summed E-state index contributed by atoms with van der Waals surface area (Å²) in [6.45, 7) is 8.87. The van der Waals surface area contributed by atoms with Crippen molar-refractivity contribution < 1.29 is 39.9 Å². The van der Waals surface area contributed by atoms with E-state index in [1.165, 1.54) is 6.42 Å². The topological polar surface area (TPSA) is 160 Å². The zero-order valence-corrected chi connectivity index (χ0v) is 38.3. The van der Waals surface area contributed by atoms with Gasteiger partial charge in [0, 0.05) is 47.9 Å². The number of allylic oxidation sites excluding steroid dienone is 3. The largest absolute Gasteiger partial charge is 0.465 e. The van der Waals surface area contributed by atoms with Crippen molar-refractivity contribution in [2.45, 2.75) is 172 Å². The van der Waals surface area contributed by atoms with Gasteiger partial charge in [-0.05, 0) is 166 Å². The van der Waals surface area contributed by atoms with Crippen molar-refractivity contribution in [1.29, 1.82) is 0 Å². The van der Waals surface area contributed by atoms with E-state index in [2.05, 4.69) is 43.7 Å². The molecule has 0 bridgehead atoms. The Morgan fingerprint density at radius 3 is 2.43 bits per heavy atom. The average Bonchev–Trinajstić information content (AvgIpc) is 3.98. The Kier molecular flexibility index (Phi) is 11.4. The van der Waals surface area contributed by atoms with Crippen LogP contribution in [0.1, 0.15) is 148 Å². The van der Waals surface area contributed by atoms with Gasteiger partial charge in [-0.15, -0.1) is 5.92 Å². The molecule has 6 N–H and O–H groups in total. The van der Waals surface area contributed by atoms with Crippen LogP contribution in [0.5, 0.6) is 0 Å². The van der Waals surface area contributed by atoms with Crippen molar-refractivity contribution >= 4 is 11.8 Å². The van der Waals surface area contributed by atoms with Crippen LogP contribution in [0.4, 0.5) is 0 Å². The number of carbonyl (C=O) groups excluding carboxylic acids is 2. The Hall–Kier alpha value is -2.74.